The number of nitrogens with zero attached hydrogens (tertiary/aromatic N) is 3. The van der Waals surface area contributed by atoms with Gasteiger partial charge >= 0.3 is 0 Å². The van der Waals surface area contributed by atoms with Gasteiger partial charge in [0, 0.05) is 42.5 Å². The van der Waals surface area contributed by atoms with E-state index in [-0.39, 0.29) is 17.9 Å². The Labute approximate surface area is 211 Å². The molecular formula is C27H32ClN5O2. The molecule has 7 nitrogen and oxygen atoms in total. The van der Waals surface area contributed by atoms with E-state index in [1.54, 1.807) is 12.1 Å². The highest BCUT2D eigenvalue weighted by atomic mass is 35.5. The Hall–Kier alpha value is -3.16. The zero-order valence-electron chi connectivity index (χ0n) is 20.0. The number of halogens is 1. The van der Waals surface area contributed by atoms with Gasteiger partial charge in [0.15, 0.2) is 0 Å². The van der Waals surface area contributed by atoms with E-state index in [0.717, 1.165) is 43.5 Å². The van der Waals surface area contributed by atoms with Crippen LogP contribution in [0.5, 0.6) is 0 Å². The average Bonchev–Trinajstić information content (AvgIpc) is 3.29. The maximum Gasteiger partial charge on any atom is 0.255 e. The summed E-state index contributed by atoms with van der Waals surface area (Å²) in [4.78, 5) is 27.5. The van der Waals surface area contributed by atoms with Gasteiger partial charge in [-0.05, 0) is 37.0 Å². The number of carbonyl (C=O) groups excluding carboxylic acids is 2. The van der Waals surface area contributed by atoms with E-state index in [9.17, 15) is 9.59 Å². The van der Waals surface area contributed by atoms with Crippen molar-refractivity contribution in [3.63, 3.8) is 0 Å². The van der Waals surface area contributed by atoms with Crippen LogP contribution in [-0.4, -0.2) is 58.7 Å². The van der Waals surface area contributed by atoms with Crippen LogP contribution in [0.15, 0.2) is 60.8 Å². The first-order valence-electron chi connectivity index (χ1n) is 12.2. The number of benzene rings is 2. The van der Waals surface area contributed by atoms with Crippen LogP contribution in [0.2, 0.25) is 5.02 Å². The molecule has 1 aromatic heterocycles. The summed E-state index contributed by atoms with van der Waals surface area (Å²) < 4.78 is 1.81. The maximum atomic E-state index is 13.3. The highest BCUT2D eigenvalue weighted by Crippen LogP contribution is 2.25. The topological polar surface area (TPSA) is 79.3 Å². The van der Waals surface area contributed by atoms with Gasteiger partial charge in [-0.2, -0.15) is 5.10 Å². The molecule has 1 aliphatic heterocycles. The van der Waals surface area contributed by atoms with Crippen molar-refractivity contribution in [2.45, 2.75) is 38.8 Å². The van der Waals surface area contributed by atoms with E-state index in [1.807, 2.05) is 60.3 Å². The van der Waals surface area contributed by atoms with Crippen LogP contribution < -0.4 is 10.6 Å². The van der Waals surface area contributed by atoms with E-state index in [2.05, 4.69) is 15.5 Å². The van der Waals surface area contributed by atoms with Crippen molar-refractivity contribution in [1.29, 1.82) is 0 Å². The van der Waals surface area contributed by atoms with E-state index in [4.69, 9.17) is 16.7 Å². The number of nitrogens with one attached hydrogen (secondary N) is 2. The molecule has 1 aliphatic rings. The fourth-order valence-corrected chi connectivity index (χ4v) is 4.41. The van der Waals surface area contributed by atoms with Crippen LogP contribution in [0.25, 0.3) is 11.3 Å². The lowest BCUT2D eigenvalue weighted by Gasteiger charge is -2.31. The van der Waals surface area contributed by atoms with Gasteiger partial charge in [0.1, 0.15) is 5.69 Å². The van der Waals surface area contributed by atoms with Gasteiger partial charge in [-0.1, -0.05) is 61.0 Å². The summed E-state index contributed by atoms with van der Waals surface area (Å²) in [7, 11) is 0. The average molecular weight is 494 g/mol. The second-order valence-electron chi connectivity index (χ2n) is 8.96. The van der Waals surface area contributed by atoms with Gasteiger partial charge < -0.3 is 10.6 Å². The largest absolute Gasteiger partial charge is 0.355 e. The molecule has 184 valence electrons. The molecule has 2 N–H and O–H groups in total. The quantitative estimate of drug-likeness (QED) is 0.472. The van der Waals surface area contributed by atoms with Crippen LogP contribution in [0.1, 0.15) is 42.1 Å². The molecule has 35 heavy (non-hydrogen) atoms. The first-order valence-corrected chi connectivity index (χ1v) is 12.6. The molecule has 2 amide bonds. The minimum atomic E-state index is -0.131. The molecule has 2 heterocycles. The number of likely N-dealkylation sites (tertiary alicyclic amines) is 1. The van der Waals surface area contributed by atoms with Crippen molar-refractivity contribution in [2.75, 3.05) is 26.2 Å². The highest BCUT2D eigenvalue weighted by Gasteiger charge is 2.25. The van der Waals surface area contributed by atoms with Crippen molar-refractivity contribution in [2.24, 2.45) is 0 Å². The number of hydrogen-bond donors (Lipinski definition) is 2. The van der Waals surface area contributed by atoms with Crippen LogP contribution in [-0.2, 0) is 11.3 Å². The fraction of sp³-hybridized carbons (Fsp3) is 0.370. The molecule has 3 aromatic rings. The normalized spacial score (nSPS) is 14.6. The van der Waals surface area contributed by atoms with Crippen molar-refractivity contribution in [3.05, 3.63) is 76.9 Å². The SMILES string of the molecule is CCCNC(=O)CN1CCC(NC(=O)c2cn(Cc3ccccc3)nc2-c2ccc(Cl)cc2)CC1. The smallest absolute Gasteiger partial charge is 0.255 e. The summed E-state index contributed by atoms with van der Waals surface area (Å²) in [5.41, 5.74) is 3.14. The second kappa shape index (κ2) is 12.0. The first kappa shape index (κ1) is 24.9. The first-order chi connectivity index (χ1) is 17.0. The Morgan fingerprint density at radius 1 is 1.06 bits per heavy atom. The van der Waals surface area contributed by atoms with Gasteiger partial charge in [-0.15, -0.1) is 0 Å². The third-order valence-corrected chi connectivity index (χ3v) is 6.43. The molecule has 0 spiro atoms. The number of hydrogen-bond acceptors (Lipinski definition) is 4. The number of rotatable bonds is 9. The van der Waals surface area contributed by atoms with E-state index < -0.39 is 0 Å². The Kier molecular flexibility index (Phi) is 8.55. The molecule has 1 fully saturated rings. The van der Waals surface area contributed by atoms with Crippen molar-refractivity contribution < 1.29 is 9.59 Å². The third-order valence-electron chi connectivity index (χ3n) is 6.17. The summed E-state index contributed by atoms with van der Waals surface area (Å²) >= 11 is 6.08. The minimum absolute atomic E-state index is 0.0628. The maximum absolute atomic E-state index is 13.3. The lowest BCUT2D eigenvalue weighted by atomic mass is 10.0. The van der Waals surface area contributed by atoms with Crippen molar-refractivity contribution in [3.8, 4) is 11.3 Å². The fourth-order valence-electron chi connectivity index (χ4n) is 4.28. The van der Waals surface area contributed by atoms with Crippen LogP contribution in [0.3, 0.4) is 0 Å². The Morgan fingerprint density at radius 3 is 2.46 bits per heavy atom. The molecule has 0 aliphatic carbocycles. The molecule has 4 rings (SSSR count). The Morgan fingerprint density at radius 2 is 1.77 bits per heavy atom. The number of carbonyl (C=O) groups is 2. The Bertz CT molecular complexity index is 1120. The summed E-state index contributed by atoms with van der Waals surface area (Å²) in [6, 6.07) is 17.5. The monoisotopic (exact) mass is 493 g/mol. The molecule has 0 bridgehead atoms. The summed E-state index contributed by atoms with van der Waals surface area (Å²) in [5, 5.41) is 11.5. The van der Waals surface area contributed by atoms with E-state index >= 15 is 0 Å². The standard InChI is InChI=1S/C27H32ClN5O2/c1-2-14-29-25(34)19-32-15-12-23(13-16-32)30-27(35)24-18-33(17-20-6-4-3-5-7-20)31-26(24)21-8-10-22(28)11-9-21/h3-11,18,23H,2,12-17,19H2,1H3,(H,29,34)(H,30,35). The van der Waals surface area contributed by atoms with Crippen LogP contribution >= 0.6 is 11.6 Å². The number of amides is 2. The number of piperidine rings is 1. The summed E-state index contributed by atoms with van der Waals surface area (Å²) in [5.74, 6) is -0.0684. The Balaban J connectivity index is 1.43. The molecule has 8 heteroatoms. The second-order valence-corrected chi connectivity index (χ2v) is 9.39. The molecule has 2 aromatic carbocycles. The minimum Gasteiger partial charge on any atom is -0.355 e. The highest BCUT2D eigenvalue weighted by molar-refractivity contribution is 6.30. The van der Waals surface area contributed by atoms with Crippen molar-refractivity contribution in [1.82, 2.24) is 25.3 Å². The lowest BCUT2D eigenvalue weighted by Crippen LogP contribution is -2.47. The summed E-state index contributed by atoms with van der Waals surface area (Å²) in [6.07, 6.45) is 4.36. The van der Waals surface area contributed by atoms with E-state index in [0.29, 0.717) is 35.9 Å². The van der Waals surface area contributed by atoms with E-state index in [1.165, 1.54) is 0 Å². The molecule has 0 saturated carbocycles. The van der Waals surface area contributed by atoms with Gasteiger partial charge in [0.2, 0.25) is 5.91 Å². The molecular weight excluding hydrogens is 462 g/mol. The molecule has 1 saturated heterocycles. The van der Waals surface area contributed by atoms with Crippen molar-refractivity contribution >= 4 is 23.4 Å². The molecule has 0 unspecified atom stereocenters. The van der Waals surface area contributed by atoms with Crippen LogP contribution in [0.4, 0.5) is 0 Å². The van der Waals surface area contributed by atoms with Gasteiger partial charge in [-0.3, -0.25) is 19.2 Å². The van der Waals surface area contributed by atoms with Gasteiger partial charge in [0.25, 0.3) is 5.91 Å². The predicted octanol–water partition coefficient (Wildman–Crippen LogP) is 3.97. The molecule has 0 atom stereocenters. The zero-order valence-corrected chi connectivity index (χ0v) is 20.8. The predicted molar refractivity (Wildman–Crippen MR) is 138 cm³/mol. The summed E-state index contributed by atoms with van der Waals surface area (Å²) in [6.45, 7) is 5.29. The van der Waals surface area contributed by atoms with Gasteiger partial charge in [0.05, 0.1) is 18.7 Å². The zero-order chi connectivity index (χ0) is 24.6. The number of aromatic nitrogens is 2. The van der Waals surface area contributed by atoms with Gasteiger partial charge in [-0.25, -0.2) is 0 Å². The van der Waals surface area contributed by atoms with Crippen LogP contribution in [0, 0.1) is 0 Å². The molecule has 0 radical (unpaired) electrons. The third kappa shape index (κ3) is 6.93. The lowest BCUT2D eigenvalue weighted by molar-refractivity contribution is -0.122.